The monoisotopic (exact) mass is 299 g/mol. The van der Waals surface area contributed by atoms with Gasteiger partial charge in [-0.1, -0.05) is 48.6 Å². The number of fused-ring (bicyclic) bond motifs is 6. The van der Waals surface area contributed by atoms with Gasteiger partial charge in [-0.3, -0.25) is 0 Å². The SMILES string of the molecule is Cn1c2ccccc2c2c3c(ccc21)C=CC1C=CC=CC1O3. The van der Waals surface area contributed by atoms with Crippen molar-refractivity contribution in [2.24, 2.45) is 13.0 Å². The van der Waals surface area contributed by atoms with E-state index < -0.39 is 0 Å². The largest absolute Gasteiger partial charge is 0.484 e. The molecule has 0 bridgehead atoms. The van der Waals surface area contributed by atoms with Crippen LogP contribution in [0.3, 0.4) is 0 Å². The van der Waals surface area contributed by atoms with Crippen LogP contribution >= 0.6 is 0 Å². The molecule has 23 heavy (non-hydrogen) atoms. The summed E-state index contributed by atoms with van der Waals surface area (Å²) in [5.41, 5.74) is 3.61. The minimum atomic E-state index is 0.0714. The number of hydrogen-bond donors (Lipinski definition) is 0. The Morgan fingerprint density at radius 1 is 0.913 bits per heavy atom. The Morgan fingerprint density at radius 2 is 1.78 bits per heavy atom. The average Bonchev–Trinajstić information content (AvgIpc) is 2.77. The van der Waals surface area contributed by atoms with E-state index in [2.05, 4.69) is 84.5 Å². The number of nitrogens with zero attached hydrogens (tertiary/aromatic N) is 1. The second-order valence-corrected chi connectivity index (χ2v) is 6.24. The second-order valence-electron chi connectivity index (χ2n) is 6.24. The van der Waals surface area contributed by atoms with Crippen LogP contribution in [0.4, 0.5) is 0 Å². The third-order valence-electron chi connectivity index (χ3n) is 4.94. The average molecular weight is 299 g/mol. The van der Waals surface area contributed by atoms with Crippen molar-refractivity contribution in [3.05, 3.63) is 72.3 Å². The summed E-state index contributed by atoms with van der Waals surface area (Å²) in [5.74, 6) is 1.31. The molecular formula is C21H17NO. The van der Waals surface area contributed by atoms with Crippen LogP contribution in [-0.4, -0.2) is 10.7 Å². The maximum atomic E-state index is 6.48. The number of aryl methyl sites for hydroxylation is 1. The molecule has 0 amide bonds. The molecule has 1 aromatic heterocycles. The van der Waals surface area contributed by atoms with Crippen LogP contribution in [0.15, 0.2) is 66.8 Å². The lowest BCUT2D eigenvalue weighted by atomic mass is 9.97. The van der Waals surface area contributed by atoms with E-state index in [0.717, 1.165) is 11.3 Å². The molecule has 2 heterocycles. The fourth-order valence-electron chi connectivity index (χ4n) is 3.74. The summed E-state index contributed by atoms with van der Waals surface area (Å²) in [7, 11) is 2.12. The molecule has 0 saturated heterocycles. The molecule has 1 aliphatic carbocycles. The van der Waals surface area contributed by atoms with Gasteiger partial charge < -0.3 is 9.30 Å². The van der Waals surface area contributed by atoms with E-state index in [1.54, 1.807) is 0 Å². The van der Waals surface area contributed by atoms with Crippen LogP contribution in [0.5, 0.6) is 5.75 Å². The molecule has 5 rings (SSSR count). The van der Waals surface area contributed by atoms with Crippen LogP contribution in [0.25, 0.3) is 27.9 Å². The normalized spacial score (nSPS) is 22.0. The first-order valence-corrected chi connectivity index (χ1v) is 8.03. The zero-order valence-electron chi connectivity index (χ0n) is 12.9. The quantitative estimate of drug-likeness (QED) is 0.579. The van der Waals surface area contributed by atoms with E-state index in [-0.39, 0.29) is 6.10 Å². The predicted molar refractivity (Wildman–Crippen MR) is 95.6 cm³/mol. The van der Waals surface area contributed by atoms with E-state index >= 15 is 0 Å². The number of rotatable bonds is 0. The first-order valence-electron chi connectivity index (χ1n) is 8.03. The molecule has 2 heteroatoms. The number of ether oxygens (including phenoxy) is 1. The van der Waals surface area contributed by atoms with E-state index in [0.29, 0.717) is 5.92 Å². The first-order chi connectivity index (χ1) is 11.3. The van der Waals surface area contributed by atoms with E-state index in [1.807, 2.05) is 0 Å². The minimum absolute atomic E-state index is 0.0714. The summed E-state index contributed by atoms with van der Waals surface area (Å²) in [6.07, 6.45) is 13.0. The molecule has 2 atom stereocenters. The Morgan fingerprint density at radius 3 is 2.74 bits per heavy atom. The number of allylic oxidation sites excluding steroid dienone is 2. The van der Waals surface area contributed by atoms with Crippen LogP contribution in [0.2, 0.25) is 0 Å². The number of aromatic nitrogens is 1. The zero-order valence-corrected chi connectivity index (χ0v) is 12.9. The van der Waals surface area contributed by atoms with Crippen LogP contribution in [0, 0.1) is 5.92 Å². The standard InChI is InChI=1S/C21H17NO/c1-22-17-8-4-3-7-16(17)20-18(22)13-12-15-11-10-14-6-2-5-9-19(14)23-21(15)20/h2-14,19H,1H3. The Balaban J connectivity index is 1.85. The molecule has 2 unspecified atom stereocenters. The van der Waals surface area contributed by atoms with Gasteiger partial charge in [0.05, 0.1) is 10.9 Å². The highest BCUT2D eigenvalue weighted by atomic mass is 16.5. The summed E-state index contributed by atoms with van der Waals surface area (Å²) in [5, 5.41) is 2.47. The van der Waals surface area contributed by atoms with Gasteiger partial charge in [0.2, 0.25) is 0 Å². The molecule has 2 nitrogen and oxygen atoms in total. The Hall–Kier alpha value is -2.74. The van der Waals surface area contributed by atoms with Crippen molar-refractivity contribution >= 4 is 27.9 Å². The van der Waals surface area contributed by atoms with Gasteiger partial charge in [-0.15, -0.1) is 0 Å². The first kappa shape index (κ1) is 12.8. The lowest BCUT2D eigenvalue weighted by molar-refractivity contribution is 0.227. The third kappa shape index (κ3) is 1.75. The minimum Gasteiger partial charge on any atom is -0.484 e. The molecule has 2 aromatic carbocycles. The fraction of sp³-hybridized carbons (Fsp3) is 0.143. The lowest BCUT2D eigenvalue weighted by Crippen LogP contribution is -2.22. The Bertz CT molecular complexity index is 1020. The van der Waals surface area contributed by atoms with E-state index in [9.17, 15) is 0 Å². The molecule has 0 saturated carbocycles. The topological polar surface area (TPSA) is 14.2 Å². The lowest BCUT2D eigenvalue weighted by Gasteiger charge is -2.22. The molecule has 3 aromatic rings. The molecule has 1 aliphatic heterocycles. The Labute approximate surface area is 135 Å². The van der Waals surface area contributed by atoms with Gasteiger partial charge >= 0.3 is 0 Å². The smallest absolute Gasteiger partial charge is 0.137 e. The van der Waals surface area contributed by atoms with Crippen molar-refractivity contribution in [3.8, 4) is 5.75 Å². The van der Waals surface area contributed by atoms with Gasteiger partial charge in [-0.25, -0.2) is 0 Å². The van der Waals surface area contributed by atoms with Crippen molar-refractivity contribution in [3.63, 3.8) is 0 Å². The highest BCUT2D eigenvalue weighted by Crippen LogP contribution is 2.41. The van der Waals surface area contributed by atoms with Crippen LogP contribution in [-0.2, 0) is 7.05 Å². The third-order valence-corrected chi connectivity index (χ3v) is 4.94. The summed E-state index contributed by atoms with van der Waals surface area (Å²) in [4.78, 5) is 0. The second kappa shape index (κ2) is 4.63. The van der Waals surface area contributed by atoms with Gasteiger partial charge in [0.25, 0.3) is 0 Å². The molecule has 0 radical (unpaired) electrons. The number of hydrogen-bond acceptors (Lipinski definition) is 1. The van der Waals surface area contributed by atoms with Gasteiger partial charge in [-0.2, -0.15) is 0 Å². The highest BCUT2D eigenvalue weighted by Gasteiger charge is 2.24. The summed E-state index contributed by atoms with van der Waals surface area (Å²) >= 11 is 0. The molecule has 0 spiro atoms. The maximum Gasteiger partial charge on any atom is 0.137 e. The van der Waals surface area contributed by atoms with Crippen LogP contribution in [0.1, 0.15) is 5.56 Å². The zero-order chi connectivity index (χ0) is 15.4. The van der Waals surface area contributed by atoms with Crippen molar-refractivity contribution in [1.29, 1.82) is 0 Å². The van der Waals surface area contributed by atoms with E-state index in [1.165, 1.54) is 21.8 Å². The Kier molecular flexibility index (Phi) is 2.57. The van der Waals surface area contributed by atoms with Crippen molar-refractivity contribution in [2.75, 3.05) is 0 Å². The van der Waals surface area contributed by atoms with Gasteiger partial charge in [0, 0.05) is 29.4 Å². The summed E-state index contributed by atoms with van der Waals surface area (Å²) < 4.78 is 8.73. The van der Waals surface area contributed by atoms with Crippen molar-refractivity contribution in [2.45, 2.75) is 6.10 Å². The van der Waals surface area contributed by atoms with E-state index in [4.69, 9.17) is 4.74 Å². The molecule has 0 fully saturated rings. The van der Waals surface area contributed by atoms with Crippen LogP contribution < -0.4 is 4.74 Å². The predicted octanol–water partition coefficient (Wildman–Crippen LogP) is 4.85. The van der Waals surface area contributed by atoms with Gasteiger partial charge in [0.1, 0.15) is 11.9 Å². The molecule has 2 aliphatic rings. The number of para-hydroxylation sites is 1. The van der Waals surface area contributed by atoms with Gasteiger partial charge in [-0.05, 0) is 24.3 Å². The van der Waals surface area contributed by atoms with Gasteiger partial charge in [0.15, 0.2) is 0 Å². The van der Waals surface area contributed by atoms with Crippen molar-refractivity contribution in [1.82, 2.24) is 4.57 Å². The van der Waals surface area contributed by atoms with Crippen molar-refractivity contribution < 1.29 is 4.74 Å². The fourth-order valence-corrected chi connectivity index (χ4v) is 3.74. The molecule has 0 N–H and O–H groups in total. The molecular weight excluding hydrogens is 282 g/mol. The molecule has 112 valence electrons. The summed E-state index contributed by atoms with van der Waals surface area (Å²) in [6.45, 7) is 0. The maximum absolute atomic E-state index is 6.48. The highest BCUT2D eigenvalue weighted by molar-refractivity contribution is 6.12. The number of benzene rings is 2. The summed E-state index contributed by atoms with van der Waals surface area (Å²) in [6, 6.07) is 12.9.